The number of likely N-dealkylation sites (tertiary alicyclic amines) is 1. The van der Waals surface area contributed by atoms with Crippen LogP contribution in [0.25, 0.3) is 0 Å². The van der Waals surface area contributed by atoms with Gasteiger partial charge in [-0.2, -0.15) is 5.26 Å². The van der Waals surface area contributed by atoms with E-state index in [2.05, 4.69) is 11.1 Å². The van der Waals surface area contributed by atoms with Gasteiger partial charge in [0.15, 0.2) is 6.29 Å². The number of rotatable bonds is 7. The predicted octanol–water partition coefficient (Wildman–Crippen LogP) is 2.74. The standard InChI is InChI=1S/C21H21N3O4/c22-10-2-7-18-16(6-3-11-23-18)21(27)24-12-4-5-15(24)14-28-20-9-1-8-19(26)17(20)13-25/h1,3,6,8-9,11,13,15,26H,2,4-5,7,12,14H2/t15-/m0/s1. The molecule has 28 heavy (non-hydrogen) atoms. The average Bonchev–Trinajstić information content (AvgIpc) is 3.19. The molecule has 1 aliphatic heterocycles. The molecular weight excluding hydrogens is 358 g/mol. The fourth-order valence-electron chi connectivity index (χ4n) is 3.40. The number of amides is 1. The molecule has 7 heteroatoms. The number of aryl methyl sites for hydroxylation is 1. The lowest BCUT2D eigenvalue weighted by atomic mass is 10.1. The number of hydrogen-bond acceptors (Lipinski definition) is 6. The summed E-state index contributed by atoms with van der Waals surface area (Å²) in [6.45, 7) is 0.837. The van der Waals surface area contributed by atoms with Gasteiger partial charge < -0.3 is 14.7 Å². The predicted molar refractivity (Wildman–Crippen MR) is 101 cm³/mol. The summed E-state index contributed by atoms with van der Waals surface area (Å²) in [6, 6.07) is 10.0. The van der Waals surface area contributed by atoms with Gasteiger partial charge in [0.25, 0.3) is 5.91 Å². The third kappa shape index (κ3) is 4.12. The number of carbonyl (C=O) groups excluding carboxylic acids is 2. The van der Waals surface area contributed by atoms with Crippen LogP contribution in [0.1, 0.15) is 45.7 Å². The molecule has 1 aromatic carbocycles. The molecule has 0 aliphatic carbocycles. The van der Waals surface area contributed by atoms with Crippen LogP contribution in [0, 0.1) is 11.3 Å². The Labute approximate surface area is 163 Å². The second kappa shape index (κ2) is 9.00. The summed E-state index contributed by atoms with van der Waals surface area (Å²) in [5, 5.41) is 18.6. The zero-order chi connectivity index (χ0) is 19.9. The summed E-state index contributed by atoms with van der Waals surface area (Å²) in [7, 11) is 0. The van der Waals surface area contributed by atoms with E-state index in [9.17, 15) is 14.7 Å². The Kier molecular flexibility index (Phi) is 6.22. The van der Waals surface area contributed by atoms with E-state index in [1.165, 1.54) is 6.07 Å². The van der Waals surface area contributed by atoms with Gasteiger partial charge in [0.05, 0.1) is 28.9 Å². The number of carbonyl (C=O) groups is 2. The van der Waals surface area contributed by atoms with E-state index in [-0.39, 0.29) is 29.9 Å². The molecule has 2 aromatic rings. The first-order valence-electron chi connectivity index (χ1n) is 9.17. The number of aromatic nitrogens is 1. The van der Waals surface area contributed by atoms with Gasteiger partial charge in [0.2, 0.25) is 0 Å². The number of aromatic hydroxyl groups is 1. The Hall–Kier alpha value is -3.40. The first-order valence-corrected chi connectivity index (χ1v) is 9.17. The summed E-state index contributed by atoms with van der Waals surface area (Å²) in [4.78, 5) is 30.3. The van der Waals surface area contributed by atoms with Crippen molar-refractivity contribution in [2.75, 3.05) is 13.2 Å². The minimum Gasteiger partial charge on any atom is -0.507 e. The van der Waals surface area contributed by atoms with Crippen molar-refractivity contribution in [3.05, 3.63) is 53.3 Å². The largest absolute Gasteiger partial charge is 0.507 e. The van der Waals surface area contributed by atoms with Crippen LogP contribution < -0.4 is 4.74 Å². The highest BCUT2D eigenvalue weighted by molar-refractivity contribution is 5.95. The summed E-state index contributed by atoms with van der Waals surface area (Å²) in [5.74, 6) is 0.0356. The first kappa shape index (κ1) is 19.4. The molecule has 1 aliphatic rings. The molecule has 0 saturated carbocycles. The first-order chi connectivity index (χ1) is 13.7. The third-order valence-electron chi connectivity index (χ3n) is 4.82. The Morgan fingerprint density at radius 3 is 3.04 bits per heavy atom. The van der Waals surface area contributed by atoms with Crippen molar-refractivity contribution in [2.45, 2.75) is 31.7 Å². The molecule has 1 fully saturated rings. The van der Waals surface area contributed by atoms with Crippen LogP contribution >= 0.6 is 0 Å². The highest BCUT2D eigenvalue weighted by Crippen LogP contribution is 2.27. The summed E-state index contributed by atoms with van der Waals surface area (Å²) in [6.07, 6.45) is 4.55. The molecule has 144 valence electrons. The maximum atomic E-state index is 13.1. The van der Waals surface area contributed by atoms with Gasteiger partial charge in [-0.25, -0.2) is 0 Å². The number of pyridine rings is 1. The van der Waals surface area contributed by atoms with Crippen LogP contribution in [0.15, 0.2) is 36.5 Å². The minimum atomic E-state index is -0.140. The molecule has 2 heterocycles. The molecule has 1 N–H and O–H groups in total. The fourth-order valence-corrected chi connectivity index (χ4v) is 3.40. The van der Waals surface area contributed by atoms with Crippen molar-refractivity contribution < 1.29 is 19.4 Å². The maximum Gasteiger partial charge on any atom is 0.256 e. The van der Waals surface area contributed by atoms with Gasteiger partial charge in [0.1, 0.15) is 18.1 Å². The number of ether oxygens (including phenoxy) is 1. The van der Waals surface area contributed by atoms with Gasteiger partial charge in [0, 0.05) is 25.6 Å². The highest BCUT2D eigenvalue weighted by Gasteiger charge is 2.31. The Morgan fingerprint density at radius 2 is 2.25 bits per heavy atom. The van der Waals surface area contributed by atoms with Crippen LogP contribution in [-0.4, -0.2) is 46.4 Å². The molecule has 1 aromatic heterocycles. The Morgan fingerprint density at radius 1 is 1.39 bits per heavy atom. The number of nitrogens with zero attached hydrogens (tertiary/aromatic N) is 3. The van der Waals surface area contributed by atoms with Crippen molar-refractivity contribution >= 4 is 12.2 Å². The van der Waals surface area contributed by atoms with Crippen molar-refractivity contribution in [3.8, 4) is 17.6 Å². The normalized spacial score (nSPS) is 15.8. The molecule has 3 rings (SSSR count). The minimum absolute atomic E-state index is 0.101. The lowest BCUT2D eigenvalue weighted by molar-refractivity contribution is 0.0688. The van der Waals surface area contributed by atoms with Gasteiger partial charge >= 0.3 is 0 Å². The number of nitriles is 1. The molecule has 0 spiro atoms. The van der Waals surface area contributed by atoms with Crippen molar-refractivity contribution in [1.29, 1.82) is 5.26 Å². The van der Waals surface area contributed by atoms with Crippen LogP contribution in [-0.2, 0) is 6.42 Å². The molecule has 1 saturated heterocycles. The smallest absolute Gasteiger partial charge is 0.256 e. The third-order valence-corrected chi connectivity index (χ3v) is 4.82. The number of hydrogen-bond donors (Lipinski definition) is 1. The maximum absolute atomic E-state index is 13.1. The molecule has 0 unspecified atom stereocenters. The summed E-state index contributed by atoms with van der Waals surface area (Å²) >= 11 is 0. The van der Waals surface area contributed by atoms with E-state index in [4.69, 9.17) is 10.00 Å². The Bertz CT molecular complexity index is 907. The topological polar surface area (TPSA) is 104 Å². The quantitative estimate of drug-likeness (QED) is 0.742. The molecule has 1 atom stereocenters. The number of phenols is 1. The van der Waals surface area contributed by atoms with E-state index in [0.717, 1.165) is 12.8 Å². The van der Waals surface area contributed by atoms with Gasteiger partial charge in [-0.3, -0.25) is 14.6 Å². The SMILES string of the molecule is N#CCCc1ncccc1C(=O)N1CCC[C@H]1COc1cccc(O)c1C=O. The molecule has 0 radical (unpaired) electrons. The van der Waals surface area contributed by atoms with Crippen LogP contribution in [0.3, 0.4) is 0 Å². The zero-order valence-electron chi connectivity index (χ0n) is 15.4. The molecule has 7 nitrogen and oxygen atoms in total. The van der Waals surface area contributed by atoms with E-state index < -0.39 is 0 Å². The second-order valence-electron chi connectivity index (χ2n) is 6.57. The molecule has 1 amide bonds. The molecule has 0 bridgehead atoms. The number of aldehydes is 1. The van der Waals surface area contributed by atoms with Crippen LogP contribution in [0.4, 0.5) is 0 Å². The van der Waals surface area contributed by atoms with Gasteiger partial charge in [-0.05, 0) is 37.1 Å². The monoisotopic (exact) mass is 379 g/mol. The number of phenolic OH excluding ortho intramolecular Hbond substituents is 1. The van der Waals surface area contributed by atoms with Crippen molar-refractivity contribution in [2.24, 2.45) is 0 Å². The van der Waals surface area contributed by atoms with Gasteiger partial charge in [-0.1, -0.05) is 6.07 Å². The van der Waals surface area contributed by atoms with Crippen LogP contribution in [0.2, 0.25) is 0 Å². The van der Waals surface area contributed by atoms with E-state index in [1.807, 2.05) is 0 Å². The van der Waals surface area contributed by atoms with Crippen molar-refractivity contribution in [3.63, 3.8) is 0 Å². The summed E-state index contributed by atoms with van der Waals surface area (Å²) in [5.41, 5.74) is 1.23. The van der Waals surface area contributed by atoms with E-state index in [1.54, 1.807) is 35.4 Å². The Balaban J connectivity index is 1.73. The zero-order valence-corrected chi connectivity index (χ0v) is 15.4. The number of benzene rings is 1. The molecular formula is C21H21N3O4. The van der Waals surface area contributed by atoms with Gasteiger partial charge in [-0.15, -0.1) is 0 Å². The lowest BCUT2D eigenvalue weighted by Gasteiger charge is -2.25. The van der Waals surface area contributed by atoms with E-state index in [0.29, 0.717) is 42.7 Å². The summed E-state index contributed by atoms with van der Waals surface area (Å²) < 4.78 is 5.76. The van der Waals surface area contributed by atoms with Crippen molar-refractivity contribution in [1.82, 2.24) is 9.88 Å². The van der Waals surface area contributed by atoms with Crippen LogP contribution in [0.5, 0.6) is 11.5 Å². The fraction of sp³-hybridized carbons (Fsp3) is 0.333. The van der Waals surface area contributed by atoms with E-state index >= 15 is 0 Å². The lowest BCUT2D eigenvalue weighted by Crippen LogP contribution is -2.39. The second-order valence-corrected chi connectivity index (χ2v) is 6.57. The highest BCUT2D eigenvalue weighted by atomic mass is 16.5. The average molecular weight is 379 g/mol.